The lowest BCUT2D eigenvalue weighted by molar-refractivity contribution is -0.138. The molecule has 4 bridgehead atoms. The highest BCUT2D eigenvalue weighted by Crippen LogP contribution is 2.57. The van der Waals surface area contributed by atoms with Crippen LogP contribution in [0.3, 0.4) is 0 Å². The molecule has 6 rings (SSSR count). The van der Waals surface area contributed by atoms with Crippen LogP contribution in [0.15, 0.2) is 0 Å². The van der Waals surface area contributed by atoms with Gasteiger partial charge in [-0.2, -0.15) is 5.10 Å². The largest absolute Gasteiger partial charge is 0.340 e. The Bertz CT molecular complexity index is 640. The molecular formula is C20H31N5O. The molecule has 6 heteroatoms. The maximum Gasteiger partial charge on any atom is 0.223 e. The molecule has 1 saturated heterocycles. The van der Waals surface area contributed by atoms with Crippen LogP contribution < -0.4 is 0 Å². The van der Waals surface area contributed by atoms with E-state index in [1.807, 2.05) is 6.92 Å². The fourth-order valence-electron chi connectivity index (χ4n) is 6.76. The maximum absolute atomic E-state index is 12.6. The molecule has 142 valence electrons. The van der Waals surface area contributed by atoms with Crippen LogP contribution in [0.2, 0.25) is 0 Å². The summed E-state index contributed by atoms with van der Waals surface area (Å²) in [5.41, 5.74) is 0.486. The van der Waals surface area contributed by atoms with E-state index in [-0.39, 0.29) is 5.91 Å². The van der Waals surface area contributed by atoms with Gasteiger partial charge in [-0.25, -0.2) is 4.98 Å². The van der Waals surface area contributed by atoms with E-state index >= 15 is 0 Å². The third-order valence-corrected chi connectivity index (χ3v) is 7.52. The van der Waals surface area contributed by atoms with Crippen molar-refractivity contribution >= 4 is 5.91 Å². The second-order valence-corrected chi connectivity index (χ2v) is 9.35. The van der Waals surface area contributed by atoms with Crippen molar-refractivity contribution < 1.29 is 4.79 Å². The fraction of sp³-hybridized carbons (Fsp3) is 0.850. The van der Waals surface area contributed by atoms with Gasteiger partial charge < -0.3 is 4.90 Å². The Hall–Kier alpha value is -1.43. The molecule has 5 fully saturated rings. The van der Waals surface area contributed by atoms with Crippen LogP contribution in [0.4, 0.5) is 0 Å². The minimum Gasteiger partial charge on any atom is -0.340 e. The van der Waals surface area contributed by atoms with Crippen molar-refractivity contribution in [2.24, 2.45) is 17.8 Å². The topological polar surface area (TPSA) is 65.1 Å². The van der Waals surface area contributed by atoms with Gasteiger partial charge in [-0.1, -0.05) is 0 Å². The van der Waals surface area contributed by atoms with Gasteiger partial charge in [0.2, 0.25) is 5.91 Å². The number of rotatable bonds is 4. The summed E-state index contributed by atoms with van der Waals surface area (Å²) in [6, 6.07) is 0. The van der Waals surface area contributed by atoms with Crippen molar-refractivity contribution in [3.8, 4) is 0 Å². The van der Waals surface area contributed by atoms with Crippen molar-refractivity contribution in [3.63, 3.8) is 0 Å². The van der Waals surface area contributed by atoms with E-state index in [2.05, 4.69) is 25.0 Å². The molecule has 6 nitrogen and oxygen atoms in total. The van der Waals surface area contributed by atoms with Gasteiger partial charge in [0.05, 0.1) is 0 Å². The standard InChI is InChI=1S/C20H31N5O/c1-14-21-18(23-22-14)2-3-19(26)24-4-6-25(7-5-24)20-11-15-8-16(12-20)10-17(9-15)13-20/h15-17H,2-13H2,1H3,(H,21,22,23). The molecule has 1 aromatic heterocycles. The Balaban J connectivity index is 1.16. The van der Waals surface area contributed by atoms with Crippen LogP contribution >= 0.6 is 0 Å². The molecule has 4 aliphatic carbocycles. The zero-order valence-corrected chi connectivity index (χ0v) is 15.9. The van der Waals surface area contributed by atoms with E-state index in [1.165, 1.54) is 38.5 Å². The summed E-state index contributed by atoms with van der Waals surface area (Å²) in [7, 11) is 0. The predicted octanol–water partition coefficient (Wildman–Crippen LogP) is 2.16. The number of nitrogens with one attached hydrogen (secondary N) is 1. The van der Waals surface area contributed by atoms with Gasteiger partial charge >= 0.3 is 0 Å². The lowest BCUT2D eigenvalue weighted by Crippen LogP contribution is -2.64. The van der Waals surface area contributed by atoms with E-state index in [9.17, 15) is 4.79 Å². The molecule has 0 aromatic carbocycles. The average Bonchev–Trinajstić information content (AvgIpc) is 3.04. The summed E-state index contributed by atoms with van der Waals surface area (Å²) in [5.74, 6) is 4.81. The second kappa shape index (κ2) is 6.32. The first-order chi connectivity index (χ1) is 12.6. The summed E-state index contributed by atoms with van der Waals surface area (Å²) in [5, 5.41) is 6.98. The van der Waals surface area contributed by atoms with Gasteiger partial charge in [-0.05, 0) is 63.2 Å². The van der Waals surface area contributed by atoms with Crippen LogP contribution in [0, 0.1) is 24.7 Å². The fourth-order valence-corrected chi connectivity index (χ4v) is 6.76. The highest BCUT2D eigenvalue weighted by atomic mass is 16.2. The zero-order chi connectivity index (χ0) is 17.7. The third kappa shape index (κ3) is 2.96. The predicted molar refractivity (Wildman–Crippen MR) is 98.5 cm³/mol. The van der Waals surface area contributed by atoms with Crippen molar-refractivity contribution in [1.29, 1.82) is 0 Å². The molecule has 0 radical (unpaired) electrons. The average molecular weight is 358 g/mol. The molecule has 1 N–H and O–H groups in total. The number of aryl methyl sites for hydroxylation is 2. The number of piperazine rings is 1. The Morgan fingerprint density at radius 3 is 2.23 bits per heavy atom. The van der Waals surface area contributed by atoms with Crippen molar-refractivity contribution in [2.45, 2.75) is 63.8 Å². The lowest BCUT2D eigenvalue weighted by atomic mass is 9.52. The van der Waals surface area contributed by atoms with Crippen molar-refractivity contribution in [3.05, 3.63) is 11.6 Å². The normalized spacial score (nSPS) is 36.7. The molecule has 0 unspecified atom stereocenters. The summed E-state index contributed by atoms with van der Waals surface area (Å²) in [6.45, 7) is 5.82. The Morgan fingerprint density at radius 1 is 1.08 bits per heavy atom. The molecule has 26 heavy (non-hydrogen) atoms. The molecule has 1 amide bonds. The van der Waals surface area contributed by atoms with Gasteiger partial charge in [0.15, 0.2) is 5.82 Å². The number of H-pyrrole nitrogens is 1. The summed E-state index contributed by atoms with van der Waals surface area (Å²) < 4.78 is 0. The minimum atomic E-state index is 0.262. The molecule has 1 aliphatic heterocycles. The quantitative estimate of drug-likeness (QED) is 0.897. The molecule has 0 atom stereocenters. The van der Waals surface area contributed by atoms with E-state index in [4.69, 9.17) is 0 Å². The van der Waals surface area contributed by atoms with Crippen molar-refractivity contribution in [1.82, 2.24) is 25.0 Å². The summed E-state index contributed by atoms with van der Waals surface area (Å²) >= 11 is 0. The maximum atomic E-state index is 12.6. The first-order valence-corrected chi connectivity index (χ1v) is 10.5. The van der Waals surface area contributed by atoms with Crippen LogP contribution in [-0.4, -0.2) is 62.6 Å². The second-order valence-electron chi connectivity index (χ2n) is 9.35. The monoisotopic (exact) mass is 357 g/mol. The van der Waals surface area contributed by atoms with E-state index < -0.39 is 0 Å². The van der Waals surface area contributed by atoms with Crippen LogP contribution in [0.25, 0.3) is 0 Å². The van der Waals surface area contributed by atoms with Gasteiger partial charge in [-0.15, -0.1) is 0 Å². The number of hydrogen-bond donors (Lipinski definition) is 1. The van der Waals surface area contributed by atoms with Gasteiger partial charge in [0, 0.05) is 44.6 Å². The molecule has 1 aromatic rings. The Labute approximate surface area is 155 Å². The number of amides is 1. The first-order valence-electron chi connectivity index (χ1n) is 10.5. The number of aromatic amines is 1. The zero-order valence-electron chi connectivity index (χ0n) is 15.9. The molecular weight excluding hydrogens is 326 g/mol. The SMILES string of the molecule is Cc1nc(CCC(=O)N2CCN(C34CC5CC(CC(C5)C3)C4)CC2)n[nH]1. The Kier molecular flexibility index (Phi) is 4.07. The van der Waals surface area contributed by atoms with E-state index in [0.717, 1.165) is 55.6 Å². The molecule has 2 heterocycles. The number of nitrogens with zero attached hydrogens (tertiary/aromatic N) is 4. The third-order valence-electron chi connectivity index (χ3n) is 7.52. The van der Waals surface area contributed by atoms with Gasteiger partial charge in [-0.3, -0.25) is 14.8 Å². The van der Waals surface area contributed by atoms with Gasteiger partial charge in [0.1, 0.15) is 5.82 Å². The smallest absolute Gasteiger partial charge is 0.223 e. The van der Waals surface area contributed by atoms with E-state index in [1.54, 1.807) is 0 Å². The highest BCUT2D eigenvalue weighted by molar-refractivity contribution is 5.76. The number of carbonyl (C=O) groups excluding carboxylic acids is 1. The van der Waals surface area contributed by atoms with Crippen LogP contribution in [0.1, 0.15) is 56.6 Å². The highest BCUT2D eigenvalue weighted by Gasteiger charge is 2.53. The summed E-state index contributed by atoms with van der Waals surface area (Å²) in [6.07, 6.45) is 9.94. The van der Waals surface area contributed by atoms with Crippen LogP contribution in [0.5, 0.6) is 0 Å². The molecule has 5 aliphatic rings. The molecule has 0 spiro atoms. The van der Waals surface area contributed by atoms with E-state index in [0.29, 0.717) is 18.4 Å². The summed E-state index contributed by atoms with van der Waals surface area (Å²) in [4.78, 5) is 21.7. The molecule has 4 saturated carbocycles. The first kappa shape index (κ1) is 16.7. The Morgan fingerprint density at radius 2 is 1.69 bits per heavy atom. The number of carbonyl (C=O) groups is 1. The van der Waals surface area contributed by atoms with Gasteiger partial charge in [0.25, 0.3) is 0 Å². The lowest BCUT2D eigenvalue weighted by Gasteiger charge is -2.61. The number of aromatic nitrogens is 3. The number of hydrogen-bond acceptors (Lipinski definition) is 4. The van der Waals surface area contributed by atoms with Crippen LogP contribution in [-0.2, 0) is 11.2 Å². The minimum absolute atomic E-state index is 0.262. The van der Waals surface area contributed by atoms with Crippen molar-refractivity contribution in [2.75, 3.05) is 26.2 Å².